The molecule has 1 N–H and O–H groups in total. The van der Waals surface area contributed by atoms with Crippen LogP contribution in [0.4, 0.5) is 0 Å². The fourth-order valence-electron chi connectivity index (χ4n) is 3.28. The molecule has 1 aliphatic carbocycles. The van der Waals surface area contributed by atoms with E-state index >= 15 is 0 Å². The summed E-state index contributed by atoms with van der Waals surface area (Å²) in [6, 6.07) is 9.60. The number of rotatable bonds is 4. The first kappa shape index (κ1) is 17.4. The summed E-state index contributed by atoms with van der Waals surface area (Å²) in [6.07, 6.45) is 8.35. The first-order valence-electron chi connectivity index (χ1n) is 9.05. The molecule has 1 heterocycles. The Hall–Kier alpha value is -2.43. The van der Waals surface area contributed by atoms with Crippen LogP contribution in [0.5, 0.6) is 0 Å². The molecular formula is C20H25N3O2. The van der Waals surface area contributed by atoms with Crippen molar-refractivity contribution in [1.29, 1.82) is 0 Å². The van der Waals surface area contributed by atoms with Crippen molar-refractivity contribution in [3.63, 3.8) is 0 Å². The Kier molecular flexibility index (Phi) is 5.64. The first-order valence-corrected chi connectivity index (χ1v) is 9.05. The maximum Gasteiger partial charge on any atom is 0.254 e. The van der Waals surface area contributed by atoms with Crippen LogP contribution in [-0.4, -0.2) is 21.5 Å². The molecule has 1 aromatic heterocycles. The van der Waals surface area contributed by atoms with Crippen molar-refractivity contribution in [2.24, 2.45) is 0 Å². The SMILES string of the molecule is Cc1ccc(-c2cc(=O)n(CC(=O)NC3CCCCCC3)cn2)cc1. The molecule has 5 heteroatoms. The van der Waals surface area contributed by atoms with Crippen LogP contribution in [0.1, 0.15) is 44.1 Å². The third-order valence-corrected chi connectivity index (χ3v) is 4.76. The molecule has 3 rings (SSSR count). The smallest absolute Gasteiger partial charge is 0.254 e. The molecule has 0 atom stereocenters. The van der Waals surface area contributed by atoms with Gasteiger partial charge in [0.05, 0.1) is 12.0 Å². The predicted molar refractivity (Wildman–Crippen MR) is 98.3 cm³/mol. The normalized spacial score (nSPS) is 15.6. The minimum absolute atomic E-state index is 0.0243. The zero-order chi connectivity index (χ0) is 17.6. The summed E-state index contributed by atoms with van der Waals surface area (Å²) in [5.74, 6) is -0.112. The molecule has 25 heavy (non-hydrogen) atoms. The van der Waals surface area contributed by atoms with Gasteiger partial charge in [-0.05, 0) is 19.8 Å². The Morgan fingerprint density at radius 3 is 2.48 bits per heavy atom. The quantitative estimate of drug-likeness (QED) is 0.871. The Labute approximate surface area is 148 Å². The molecule has 0 radical (unpaired) electrons. The zero-order valence-electron chi connectivity index (χ0n) is 14.7. The van der Waals surface area contributed by atoms with E-state index in [0.717, 1.165) is 36.8 Å². The summed E-state index contributed by atoms with van der Waals surface area (Å²) in [5, 5.41) is 3.06. The largest absolute Gasteiger partial charge is 0.352 e. The molecule has 132 valence electrons. The Bertz CT molecular complexity index is 772. The second-order valence-electron chi connectivity index (χ2n) is 6.86. The molecule has 0 spiro atoms. The monoisotopic (exact) mass is 339 g/mol. The number of benzene rings is 1. The van der Waals surface area contributed by atoms with Gasteiger partial charge in [-0.25, -0.2) is 4.98 Å². The van der Waals surface area contributed by atoms with Crippen molar-refractivity contribution >= 4 is 5.91 Å². The maximum absolute atomic E-state index is 12.3. The number of nitrogens with zero attached hydrogens (tertiary/aromatic N) is 2. The van der Waals surface area contributed by atoms with Crippen molar-refractivity contribution in [2.75, 3.05) is 0 Å². The van der Waals surface area contributed by atoms with Crippen LogP contribution in [0.3, 0.4) is 0 Å². The van der Waals surface area contributed by atoms with Crippen LogP contribution in [0, 0.1) is 6.92 Å². The number of hydrogen-bond acceptors (Lipinski definition) is 3. The van der Waals surface area contributed by atoms with Crippen molar-refractivity contribution in [2.45, 2.75) is 58.0 Å². The summed E-state index contributed by atoms with van der Waals surface area (Å²) in [4.78, 5) is 28.9. The molecular weight excluding hydrogens is 314 g/mol. The van der Waals surface area contributed by atoms with Gasteiger partial charge in [-0.3, -0.25) is 14.2 Å². The van der Waals surface area contributed by atoms with E-state index in [4.69, 9.17) is 0 Å². The number of carbonyl (C=O) groups excluding carboxylic acids is 1. The standard InChI is InChI=1S/C20H25N3O2/c1-15-8-10-16(11-9-15)18-12-20(25)23(14-21-18)13-19(24)22-17-6-4-2-3-5-7-17/h8-12,14,17H,2-7,13H2,1H3,(H,22,24). The molecule has 0 saturated heterocycles. The molecule has 1 saturated carbocycles. The van der Waals surface area contributed by atoms with Gasteiger partial charge >= 0.3 is 0 Å². The molecule has 2 aromatic rings. The number of aryl methyl sites for hydroxylation is 1. The van der Waals surface area contributed by atoms with Crippen molar-refractivity contribution in [1.82, 2.24) is 14.9 Å². The van der Waals surface area contributed by atoms with E-state index in [9.17, 15) is 9.59 Å². The molecule has 1 aromatic carbocycles. The molecule has 5 nitrogen and oxygen atoms in total. The number of carbonyl (C=O) groups is 1. The summed E-state index contributed by atoms with van der Waals surface area (Å²) < 4.78 is 1.36. The third kappa shape index (κ3) is 4.78. The van der Waals surface area contributed by atoms with E-state index in [0.29, 0.717) is 5.69 Å². The van der Waals surface area contributed by atoms with Crippen molar-refractivity contribution in [3.05, 3.63) is 52.6 Å². The highest BCUT2D eigenvalue weighted by Gasteiger charge is 2.15. The molecule has 1 fully saturated rings. The first-order chi connectivity index (χ1) is 12.1. The summed E-state index contributed by atoms with van der Waals surface area (Å²) in [7, 11) is 0. The highest BCUT2D eigenvalue weighted by Crippen LogP contribution is 2.17. The Morgan fingerprint density at radius 1 is 1.16 bits per heavy atom. The highest BCUT2D eigenvalue weighted by atomic mass is 16.2. The van der Waals surface area contributed by atoms with E-state index in [1.165, 1.54) is 29.8 Å². The lowest BCUT2D eigenvalue weighted by molar-refractivity contribution is -0.122. The van der Waals surface area contributed by atoms with Gasteiger partial charge in [0.25, 0.3) is 5.56 Å². The van der Waals surface area contributed by atoms with Crippen LogP contribution in [0.15, 0.2) is 41.5 Å². The lowest BCUT2D eigenvalue weighted by atomic mass is 10.1. The van der Waals surface area contributed by atoms with Gasteiger partial charge in [-0.15, -0.1) is 0 Å². The van der Waals surface area contributed by atoms with Gasteiger partial charge in [0.15, 0.2) is 0 Å². The van der Waals surface area contributed by atoms with Gasteiger partial charge < -0.3 is 5.32 Å². The van der Waals surface area contributed by atoms with Gasteiger partial charge in [0.1, 0.15) is 6.54 Å². The second-order valence-corrected chi connectivity index (χ2v) is 6.86. The predicted octanol–water partition coefficient (Wildman–Crippen LogP) is 3.06. The molecule has 1 aliphatic rings. The van der Waals surface area contributed by atoms with E-state index in [1.54, 1.807) is 0 Å². The molecule has 0 bridgehead atoms. The molecule has 0 unspecified atom stereocenters. The lowest BCUT2D eigenvalue weighted by Crippen LogP contribution is -2.38. The minimum atomic E-state index is -0.207. The van der Waals surface area contributed by atoms with Gasteiger partial charge in [0, 0.05) is 17.7 Å². The van der Waals surface area contributed by atoms with Crippen LogP contribution in [0.25, 0.3) is 11.3 Å². The van der Waals surface area contributed by atoms with Gasteiger partial charge in [0.2, 0.25) is 5.91 Å². The zero-order valence-corrected chi connectivity index (χ0v) is 14.7. The van der Waals surface area contributed by atoms with Gasteiger partial charge in [-0.2, -0.15) is 0 Å². The topological polar surface area (TPSA) is 64.0 Å². The second kappa shape index (κ2) is 8.10. The number of amides is 1. The van der Waals surface area contributed by atoms with Crippen molar-refractivity contribution in [3.8, 4) is 11.3 Å². The van der Waals surface area contributed by atoms with Crippen molar-refractivity contribution < 1.29 is 4.79 Å². The van der Waals surface area contributed by atoms with Gasteiger partial charge in [-0.1, -0.05) is 55.5 Å². The fourth-order valence-corrected chi connectivity index (χ4v) is 3.28. The fraction of sp³-hybridized carbons (Fsp3) is 0.450. The average Bonchev–Trinajstić information content (AvgIpc) is 2.86. The highest BCUT2D eigenvalue weighted by molar-refractivity contribution is 5.76. The Balaban J connectivity index is 1.65. The molecule has 0 aliphatic heterocycles. The minimum Gasteiger partial charge on any atom is -0.352 e. The Morgan fingerprint density at radius 2 is 1.84 bits per heavy atom. The third-order valence-electron chi connectivity index (χ3n) is 4.76. The number of nitrogens with one attached hydrogen (secondary N) is 1. The summed E-state index contributed by atoms with van der Waals surface area (Å²) in [5.41, 5.74) is 2.48. The number of aromatic nitrogens is 2. The van der Waals surface area contributed by atoms with Crippen LogP contribution >= 0.6 is 0 Å². The summed E-state index contributed by atoms with van der Waals surface area (Å²) >= 11 is 0. The van der Waals surface area contributed by atoms with E-state index < -0.39 is 0 Å². The maximum atomic E-state index is 12.3. The number of hydrogen-bond donors (Lipinski definition) is 1. The van der Waals surface area contributed by atoms with Crippen LogP contribution in [0.2, 0.25) is 0 Å². The lowest BCUT2D eigenvalue weighted by Gasteiger charge is -2.16. The average molecular weight is 339 g/mol. The van der Waals surface area contributed by atoms with E-state index in [-0.39, 0.29) is 24.1 Å². The van der Waals surface area contributed by atoms with Crippen LogP contribution < -0.4 is 10.9 Å². The molecule has 1 amide bonds. The van der Waals surface area contributed by atoms with Crippen LogP contribution in [-0.2, 0) is 11.3 Å². The summed E-state index contributed by atoms with van der Waals surface area (Å²) in [6.45, 7) is 2.04. The van der Waals surface area contributed by atoms with E-state index in [1.807, 2.05) is 31.2 Å². The van der Waals surface area contributed by atoms with E-state index in [2.05, 4.69) is 10.3 Å².